The Balaban J connectivity index is 1.68. The summed E-state index contributed by atoms with van der Waals surface area (Å²) in [6.45, 7) is 3.06. The summed E-state index contributed by atoms with van der Waals surface area (Å²) >= 11 is 0. The number of fused-ring (bicyclic) bond motifs is 1. The van der Waals surface area contributed by atoms with E-state index in [9.17, 15) is 0 Å². The molecule has 4 rings (SSSR count). The van der Waals surface area contributed by atoms with Gasteiger partial charge in [0, 0.05) is 23.3 Å². The van der Waals surface area contributed by atoms with Crippen molar-refractivity contribution in [1.29, 1.82) is 0 Å². The van der Waals surface area contributed by atoms with Crippen molar-refractivity contribution in [3.05, 3.63) is 84.2 Å². The van der Waals surface area contributed by atoms with Crippen LogP contribution in [0.3, 0.4) is 0 Å². The van der Waals surface area contributed by atoms with Gasteiger partial charge >= 0.3 is 0 Å². The van der Waals surface area contributed by atoms with Crippen LogP contribution >= 0.6 is 0 Å². The average molecular weight is 301 g/mol. The third-order valence-electron chi connectivity index (χ3n) is 4.46. The van der Waals surface area contributed by atoms with E-state index < -0.39 is 0 Å². The maximum atomic E-state index is 4.45. The van der Waals surface area contributed by atoms with Crippen molar-refractivity contribution >= 4 is 16.6 Å². The zero-order chi connectivity index (χ0) is 15.6. The maximum absolute atomic E-state index is 4.45. The first-order chi connectivity index (χ1) is 11.3. The Morgan fingerprint density at radius 1 is 1.00 bits per heavy atom. The first kappa shape index (κ1) is 13.8. The van der Waals surface area contributed by atoms with Gasteiger partial charge in [0.25, 0.3) is 0 Å². The standard InChI is InChI=1S/C20H19N3/c1-15(16-7-3-2-4-8-16)23-13-20(22-14-23)18-9-5-11-19-17(18)10-6-12-21-19/h2-13,15,22H,14H2,1H3. The lowest BCUT2D eigenvalue weighted by molar-refractivity contribution is 0.311. The van der Waals surface area contributed by atoms with Crippen molar-refractivity contribution in [1.82, 2.24) is 15.2 Å². The number of nitrogens with zero attached hydrogens (tertiary/aromatic N) is 2. The van der Waals surface area contributed by atoms with Crippen molar-refractivity contribution < 1.29 is 0 Å². The molecule has 0 bridgehead atoms. The van der Waals surface area contributed by atoms with Gasteiger partial charge in [0.1, 0.15) is 0 Å². The topological polar surface area (TPSA) is 28.2 Å². The number of rotatable bonds is 3. The monoisotopic (exact) mass is 301 g/mol. The van der Waals surface area contributed by atoms with Gasteiger partial charge in [-0.2, -0.15) is 0 Å². The minimum absolute atomic E-state index is 0.342. The molecule has 1 aliphatic heterocycles. The number of benzene rings is 2. The van der Waals surface area contributed by atoms with Gasteiger partial charge in [-0.05, 0) is 24.6 Å². The fourth-order valence-corrected chi connectivity index (χ4v) is 3.11. The minimum atomic E-state index is 0.342. The zero-order valence-electron chi connectivity index (χ0n) is 13.1. The van der Waals surface area contributed by atoms with Crippen molar-refractivity contribution in [3.63, 3.8) is 0 Å². The second kappa shape index (κ2) is 5.76. The Hall–Kier alpha value is -2.81. The smallest absolute Gasteiger partial charge is 0.0878 e. The summed E-state index contributed by atoms with van der Waals surface area (Å²) in [4.78, 5) is 6.78. The molecule has 0 fully saturated rings. The summed E-state index contributed by atoms with van der Waals surface area (Å²) in [5.74, 6) is 0. The van der Waals surface area contributed by atoms with Gasteiger partial charge in [-0.15, -0.1) is 0 Å². The third-order valence-corrected chi connectivity index (χ3v) is 4.46. The molecule has 1 unspecified atom stereocenters. The first-order valence-corrected chi connectivity index (χ1v) is 7.93. The largest absolute Gasteiger partial charge is 0.366 e. The van der Waals surface area contributed by atoms with Crippen LogP contribution < -0.4 is 5.32 Å². The molecule has 3 nitrogen and oxygen atoms in total. The Kier molecular flexibility index (Phi) is 3.46. The van der Waals surface area contributed by atoms with E-state index >= 15 is 0 Å². The normalized spacial score (nSPS) is 15.3. The predicted octanol–water partition coefficient (Wildman–Crippen LogP) is 4.16. The van der Waals surface area contributed by atoms with Crippen LogP contribution in [0.15, 0.2) is 73.1 Å². The molecule has 2 aromatic carbocycles. The summed E-state index contributed by atoms with van der Waals surface area (Å²) in [6, 6.07) is 21.3. The van der Waals surface area contributed by atoms with Crippen LogP contribution in [0.2, 0.25) is 0 Å². The second-order valence-electron chi connectivity index (χ2n) is 5.85. The van der Waals surface area contributed by atoms with Gasteiger partial charge in [0.2, 0.25) is 0 Å². The van der Waals surface area contributed by atoms with E-state index in [4.69, 9.17) is 0 Å². The lowest BCUT2D eigenvalue weighted by atomic mass is 10.1. The molecule has 23 heavy (non-hydrogen) atoms. The highest BCUT2D eigenvalue weighted by Gasteiger charge is 2.20. The molecule has 1 aromatic heterocycles. The maximum Gasteiger partial charge on any atom is 0.0878 e. The predicted molar refractivity (Wildman–Crippen MR) is 94.4 cm³/mol. The molecule has 114 valence electrons. The van der Waals surface area contributed by atoms with Gasteiger partial charge in [0.15, 0.2) is 0 Å². The van der Waals surface area contributed by atoms with Gasteiger partial charge in [0.05, 0.1) is 23.9 Å². The number of pyridine rings is 1. The van der Waals surface area contributed by atoms with Crippen molar-refractivity contribution in [2.75, 3.05) is 6.67 Å². The van der Waals surface area contributed by atoms with Crippen LogP contribution in [0.25, 0.3) is 16.6 Å². The molecule has 2 heterocycles. The molecule has 3 aromatic rings. The van der Waals surface area contributed by atoms with Crippen molar-refractivity contribution in [2.45, 2.75) is 13.0 Å². The van der Waals surface area contributed by atoms with E-state index in [1.165, 1.54) is 16.5 Å². The Bertz CT molecular complexity index is 850. The molecule has 1 N–H and O–H groups in total. The molecular formula is C20H19N3. The molecule has 0 spiro atoms. The molecule has 3 heteroatoms. The minimum Gasteiger partial charge on any atom is -0.366 e. The third kappa shape index (κ3) is 2.55. The molecule has 0 saturated heterocycles. The Labute approximate surface area is 136 Å². The highest BCUT2D eigenvalue weighted by Crippen LogP contribution is 2.29. The summed E-state index contributed by atoms with van der Waals surface area (Å²) in [5.41, 5.74) is 4.72. The van der Waals surface area contributed by atoms with E-state index in [0.29, 0.717) is 6.04 Å². The average Bonchev–Trinajstić information content (AvgIpc) is 3.11. The highest BCUT2D eigenvalue weighted by molar-refractivity contribution is 5.91. The zero-order valence-corrected chi connectivity index (χ0v) is 13.1. The quantitative estimate of drug-likeness (QED) is 0.787. The van der Waals surface area contributed by atoms with E-state index in [-0.39, 0.29) is 0 Å². The van der Waals surface area contributed by atoms with Crippen LogP contribution in [0, 0.1) is 0 Å². The van der Waals surface area contributed by atoms with Crippen LogP contribution in [0.1, 0.15) is 24.1 Å². The van der Waals surface area contributed by atoms with Gasteiger partial charge in [-0.25, -0.2) is 0 Å². The first-order valence-electron chi connectivity index (χ1n) is 7.93. The van der Waals surface area contributed by atoms with Gasteiger partial charge in [-0.3, -0.25) is 4.98 Å². The highest BCUT2D eigenvalue weighted by atomic mass is 15.3. The van der Waals surface area contributed by atoms with Crippen molar-refractivity contribution in [2.24, 2.45) is 0 Å². The van der Waals surface area contributed by atoms with Crippen molar-refractivity contribution in [3.8, 4) is 0 Å². The van der Waals surface area contributed by atoms with Gasteiger partial charge in [-0.1, -0.05) is 48.5 Å². The summed E-state index contributed by atoms with van der Waals surface area (Å²) in [5, 5.41) is 4.71. The van der Waals surface area contributed by atoms with Crippen LogP contribution in [0.5, 0.6) is 0 Å². The number of aromatic nitrogens is 1. The molecule has 0 saturated carbocycles. The lowest BCUT2D eigenvalue weighted by Crippen LogP contribution is -2.24. The fourth-order valence-electron chi connectivity index (χ4n) is 3.11. The Morgan fingerprint density at radius 2 is 1.87 bits per heavy atom. The molecule has 0 radical (unpaired) electrons. The fraction of sp³-hybridized carbons (Fsp3) is 0.150. The van der Waals surface area contributed by atoms with E-state index in [1.54, 1.807) is 0 Å². The number of hydrogen-bond acceptors (Lipinski definition) is 3. The van der Waals surface area contributed by atoms with E-state index in [0.717, 1.165) is 17.9 Å². The van der Waals surface area contributed by atoms with Crippen LogP contribution in [-0.2, 0) is 0 Å². The molecular weight excluding hydrogens is 282 g/mol. The SMILES string of the molecule is CC(c1ccccc1)N1C=C(c2cccc3ncccc23)NC1. The van der Waals surface area contributed by atoms with E-state index in [1.807, 2.05) is 12.3 Å². The number of hydrogen-bond donors (Lipinski definition) is 1. The summed E-state index contributed by atoms with van der Waals surface area (Å²) < 4.78 is 0. The lowest BCUT2D eigenvalue weighted by Gasteiger charge is -2.23. The molecule has 1 aliphatic rings. The van der Waals surface area contributed by atoms with Gasteiger partial charge < -0.3 is 10.2 Å². The second-order valence-corrected chi connectivity index (χ2v) is 5.85. The van der Waals surface area contributed by atoms with Crippen LogP contribution in [0.4, 0.5) is 0 Å². The molecule has 0 amide bonds. The molecule has 0 aliphatic carbocycles. The molecule has 1 atom stereocenters. The van der Waals surface area contributed by atoms with E-state index in [2.05, 4.69) is 82.9 Å². The van der Waals surface area contributed by atoms with Crippen LogP contribution in [-0.4, -0.2) is 16.6 Å². The Morgan fingerprint density at radius 3 is 2.74 bits per heavy atom. The summed E-state index contributed by atoms with van der Waals surface area (Å²) in [6.07, 6.45) is 4.06. The summed E-state index contributed by atoms with van der Waals surface area (Å²) in [7, 11) is 0. The number of nitrogens with one attached hydrogen (secondary N) is 1.